The van der Waals surface area contributed by atoms with Crippen molar-refractivity contribution in [3.8, 4) is 0 Å². The molecular weight excluding hydrogens is 276 g/mol. The molecule has 0 bridgehead atoms. The predicted molar refractivity (Wildman–Crippen MR) is 79.8 cm³/mol. The number of carbonyl (C=O) groups is 1. The van der Waals surface area contributed by atoms with Gasteiger partial charge in [-0.2, -0.15) is 5.10 Å². The van der Waals surface area contributed by atoms with Crippen molar-refractivity contribution in [2.45, 2.75) is 32.4 Å². The highest BCUT2D eigenvalue weighted by atomic mass is 35.5. The van der Waals surface area contributed by atoms with Crippen molar-refractivity contribution in [1.29, 1.82) is 0 Å². The van der Waals surface area contributed by atoms with Crippen molar-refractivity contribution in [3.05, 3.63) is 17.4 Å². The third kappa shape index (κ3) is 2.69. The van der Waals surface area contributed by atoms with E-state index in [1.54, 1.807) is 17.1 Å². The molecule has 6 heteroatoms. The molecule has 0 aromatic carbocycles. The molecule has 0 radical (unpaired) electrons. The molecule has 0 N–H and O–H groups in total. The molecule has 1 aromatic heterocycles. The minimum absolute atomic E-state index is 0.0912. The number of likely N-dealkylation sites (N-methyl/N-ethyl adjacent to an activating group) is 1. The van der Waals surface area contributed by atoms with Crippen molar-refractivity contribution >= 4 is 17.5 Å². The van der Waals surface area contributed by atoms with Gasteiger partial charge < -0.3 is 9.80 Å². The van der Waals surface area contributed by atoms with Gasteiger partial charge in [0.15, 0.2) is 0 Å². The number of rotatable bonds is 3. The fraction of sp³-hybridized carbons (Fsp3) is 0.714. The Kier molecular flexibility index (Phi) is 4.12. The molecule has 1 aromatic rings. The molecule has 20 heavy (non-hydrogen) atoms. The van der Waals surface area contributed by atoms with Crippen LogP contribution in [0.4, 0.5) is 0 Å². The molecule has 1 saturated heterocycles. The van der Waals surface area contributed by atoms with E-state index < -0.39 is 5.54 Å². The normalized spacial score (nSPS) is 23.6. The van der Waals surface area contributed by atoms with E-state index in [-0.39, 0.29) is 5.91 Å². The molecule has 2 rings (SSSR count). The molecule has 0 saturated carbocycles. The molecule has 5 nitrogen and oxygen atoms in total. The lowest BCUT2D eigenvalue weighted by Gasteiger charge is -2.30. The summed E-state index contributed by atoms with van der Waals surface area (Å²) in [4.78, 5) is 16.9. The van der Waals surface area contributed by atoms with Crippen LogP contribution < -0.4 is 0 Å². The molecule has 2 atom stereocenters. The molecule has 0 spiro atoms. The molecule has 1 aliphatic rings. The van der Waals surface area contributed by atoms with Gasteiger partial charge in [0.2, 0.25) is 5.91 Å². The van der Waals surface area contributed by atoms with Crippen LogP contribution in [0.1, 0.15) is 20.8 Å². The van der Waals surface area contributed by atoms with Gasteiger partial charge >= 0.3 is 0 Å². The van der Waals surface area contributed by atoms with Crippen LogP contribution in [0.15, 0.2) is 12.4 Å². The maximum atomic E-state index is 12.8. The predicted octanol–water partition coefficient (Wildman–Crippen LogP) is 1.68. The smallest absolute Gasteiger partial charge is 0.250 e. The van der Waals surface area contributed by atoms with E-state index in [4.69, 9.17) is 11.6 Å². The molecule has 112 valence electrons. The maximum Gasteiger partial charge on any atom is 0.250 e. The SMILES string of the molecule is CC1CN(C(=O)C(C)(C)n2cc(Cl)cn2)CC1N(C)C. The van der Waals surface area contributed by atoms with E-state index in [1.165, 1.54) is 0 Å². The minimum atomic E-state index is -0.714. The van der Waals surface area contributed by atoms with Gasteiger partial charge in [0, 0.05) is 25.3 Å². The second-order valence-corrected chi connectivity index (χ2v) is 6.82. The zero-order valence-corrected chi connectivity index (χ0v) is 13.6. The average Bonchev–Trinajstić information content (AvgIpc) is 2.94. The van der Waals surface area contributed by atoms with Gasteiger partial charge in [-0.15, -0.1) is 0 Å². The van der Waals surface area contributed by atoms with Crippen LogP contribution in [-0.2, 0) is 10.3 Å². The Morgan fingerprint density at radius 3 is 2.55 bits per heavy atom. The van der Waals surface area contributed by atoms with Gasteiger partial charge in [-0.05, 0) is 33.9 Å². The van der Waals surface area contributed by atoms with Crippen LogP contribution in [-0.4, -0.2) is 58.7 Å². The van der Waals surface area contributed by atoms with Crippen molar-refractivity contribution in [2.24, 2.45) is 5.92 Å². The highest BCUT2D eigenvalue weighted by Gasteiger charge is 2.40. The van der Waals surface area contributed by atoms with Crippen LogP contribution in [0, 0.1) is 5.92 Å². The highest BCUT2D eigenvalue weighted by Crippen LogP contribution is 2.26. The van der Waals surface area contributed by atoms with Gasteiger partial charge in [-0.1, -0.05) is 18.5 Å². The van der Waals surface area contributed by atoms with E-state index in [9.17, 15) is 4.79 Å². The zero-order valence-electron chi connectivity index (χ0n) is 12.8. The molecule has 1 fully saturated rings. The molecular formula is C14H23ClN4O. The van der Waals surface area contributed by atoms with Gasteiger partial charge in [-0.3, -0.25) is 9.48 Å². The monoisotopic (exact) mass is 298 g/mol. The lowest BCUT2D eigenvalue weighted by atomic mass is 10.0. The standard InChI is InChI=1S/C14H23ClN4O/c1-10-7-18(9-12(10)17(4)5)13(20)14(2,3)19-8-11(15)6-16-19/h6,8,10,12H,7,9H2,1-5H3. The Bertz CT molecular complexity index is 497. The summed E-state index contributed by atoms with van der Waals surface area (Å²) in [6.07, 6.45) is 3.26. The average molecular weight is 299 g/mol. The van der Waals surface area contributed by atoms with E-state index in [0.717, 1.165) is 13.1 Å². The lowest BCUT2D eigenvalue weighted by molar-refractivity contribution is -0.138. The summed E-state index contributed by atoms with van der Waals surface area (Å²) < 4.78 is 1.64. The topological polar surface area (TPSA) is 41.4 Å². The Balaban J connectivity index is 2.16. The summed E-state index contributed by atoms with van der Waals surface area (Å²) in [5, 5.41) is 4.73. The number of hydrogen-bond acceptors (Lipinski definition) is 3. The highest BCUT2D eigenvalue weighted by molar-refractivity contribution is 6.30. The maximum absolute atomic E-state index is 12.8. The second-order valence-electron chi connectivity index (χ2n) is 6.38. The van der Waals surface area contributed by atoms with Gasteiger partial charge in [0.1, 0.15) is 5.54 Å². The first-order valence-electron chi connectivity index (χ1n) is 6.90. The Labute approximate surface area is 125 Å². The number of carbonyl (C=O) groups excluding carboxylic acids is 1. The zero-order chi connectivity index (χ0) is 15.1. The fourth-order valence-electron chi connectivity index (χ4n) is 2.88. The molecule has 1 amide bonds. The van der Waals surface area contributed by atoms with Crippen molar-refractivity contribution in [1.82, 2.24) is 19.6 Å². The van der Waals surface area contributed by atoms with Gasteiger partial charge in [0.25, 0.3) is 0 Å². The van der Waals surface area contributed by atoms with Crippen molar-refractivity contribution in [2.75, 3.05) is 27.2 Å². The third-order valence-electron chi connectivity index (χ3n) is 4.17. The van der Waals surface area contributed by atoms with Crippen molar-refractivity contribution in [3.63, 3.8) is 0 Å². The third-order valence-corrected chi connectivity index (χ3v) is 4.37. The molecule has 2 heterocycles. The van der Waals surface area contributed by atoms with Crippen LogP contribution in [0.3, 0.4) is 0 Å². The summed E-state index contributed by atoms with van der Waals surface area (Å²) in [6.45, 7) is 7.51. The fourth-order valence-corrected chi connectivity index (χ4v) is 3.02. The number of likely N-dealkylation sites (tertiary alicyclic amines) is 1. The van der Waals surface area contributed by atoms with Crippen LogP contribution in [0.2, 0.25) is 5.02 Å². The minimum Gasteiger partial charge on any atom is -0.339 e. The Morgan fingerprint density at radius 1 is 1.45 bits per heavy atom. The van der Waals surface area contributed by atoms with Gasteiger partial charge in [0.05, 0.1) is 11.2 Å². The summed E-state index contributed by atoms with van der Waals surface area (Å²) in [6, 6.07) is 0.413. The quantitative estimate of drug-likeness (QED) is 0.852. The van der Waals surface area contributed by atoms with E-state index >= 15 is 0 Å². The summed E-state index contributed by atoms with van der Waals surface area (Å²) >= 11 is 5.90. The van der Waals surface area contributed by atoms with E-state index in [1.807, 2.05) is 18.7 Å². The summed E-state index contributed by atoms with van der Waals surface area (Å²) in [7, 11) is 4.13. The van der Waals surface area contributed by atoms with Crippen LogP contribution in [0.25, 0.3) is 0 Å². The number of aromatic nitrogens is 2. The van der Waals surface area contributed by atoms with Crippen LogP contribution in [0.5, 0.6) is 0 Å². The second kappa shape index (κ2) is 5.37. The number of hydrogen-bond donors (Lipinski definition) is 0. The first-order valence-corrected chi connectivity index (χ1v) is 7.27. The Hall–Kier alpha value is -1.07. The van der Waals surface area contributed by atoms with Crippen molar-refractivity contribution < 1.29 is 4.79 Å². The number of nitrogens with zero attached hydrogens (tertiary/aromatic N) is 4. The first-order chi connectivity index (χ1) is 9.23. The Morgan fingerprint density at radius 2 is 2.10 bits per heavy atom. The summed E-state index contributed by atoms with van der Waals surface area (Å²) in [5.41, 5.74) is -0.714. The van der Waals surface area contributed by atoms with E-state index in [2.05, 4.69) is 31.0 Å². The first kappa shape index (κ1) is 15.3. The summed E-state index contributed by atoms with van der Waals surface area (Å²) in [5.74, 6) is 0.569. The lowest BCUT2D eigenvalue weighted by Crippen LogP contribution is -2.47. The van der Waals surface area contributed by atoms with E-state index in [0.29, 0.717) is 17.0 Å². The number of amides is 1. The van der Waals surface area contributed by atoms with Crippen LogP contribution >= 0.6 is 11.6 Å². The molecule has 2 unspecified atom stereocenters. The van der Waals surface area contributed by atoms with Gasteiger partial charge in [-0.25, -0.2) is 0 Å². The molecule has 1 aliphatic heterocycles. The molecule has 0 aliphatic carbocycles. The number of halogens is 1. The largest absolute Gasteiger partial charge is 0.339 e.